The molecule has 0 aliphatic carbocycles. The highest BCUT2D eigenvalue weighted by atomic mass is 16.4. The number of hydrogen-bond acceptors (Lipinski definition) is 5. The van der Waals surface area contributed by atoms with Crippen molar-refractivity contribution in [3.63, 3.8) is 0 Å². The Morgan fingerprint density at radius 3 is 2.32 bits per heavy atom. The Bertz CT molecular complexity index is 562. The molecule has 10 heteroatoms. The number of nitrogens with two attached hydrogens (primary N) is 1. The lowest BCUT2D eigenvalue weighted by atomic mass is 9.94. The zero-order valence-corrected chi connectivity index (χ0v) is 14.2. The van der Waals surface area contributed by atoms with Crippen LogP contribution in [0.1, 0.15) is 33.1 Å². The number of hydrogen-bond donors (Lipinski definition) is 5. The molecule has 1 fully saturated rings. The highest BCUT2D eigenvalue weighted by molar-refractivity contribution is 6.37. The zero-order chi connectivity index (χ0) is 19.1. The van der Waals surface area contributed by atoms with Gasteiger partial charge in [0.25, 0.3) is 5.91 Å². The second-order valence-electron chi connectivity index (χ2n) is 6.43. The SMILES string of the molecule is CC(C)CC(NC(=O)O)C(=O)NC(CC1CCNC1=O)C(=O)C(N)=O. The molecule has 4 amide bonds. The zero-order valence-electron chi connectivity index (χ0n) is 14.2. The van der Waals surface area contributed by atoms with E-state index in [1.54, 1.807) is 13.8 Å². The minimum atomic E-state index is -1.38. The van der Waals surface area contributed by atoms with Crippen molar-refractivity contribution in [1.82, 2.24) is 16.0 Å². The number of carbonyl (C=O) groups is 5. The molecule has 1 aliphatic heterocycles. The summed E-state index contributed by atoms with van der Waals surface area (Å²) in [5.74, 6) is -3.77. The van der Waals surface area contributed by atoms with E-state index in [-0.39, 0.29) is 24.7 Å². The van der Waals surface area contributed by atoms with Gasteiger partial charge in [-0.3, -0.25) is 19.2 Å². The lowest BCUT2D eigenvalue weighted by Crippen LogP contribution is -2.54. The van der Waals surface area contributed by atoms with Gasteiger partial charge in [0.15, 0.2) is 0 Å². The fourth-order valence-electron chi connectivity index (χ4n) is 2.68. The summed E-state index contributed by atoms with van der Waals surface area (Å²) in [5.41, 5.74) is 5.01. The summed E-state index contributed by atoms with van der Waals surface area (Å²) >= 11 is 0. The Morgan fingerprint density at radius 2 is 1.88 bits per heavy atom. The van der Waals surface area contributed by atoms with E-state index < -0.39 is 41.7 Å². The van der Waals surface area contributed by atoms with E-state index in [1.807, 2.05) is 0 Å². The van der Waals surface area contributed by atoms with Crippen molar-refractivity contribution in [1.29, 1.82) is 0 Å². The maximum atomic E-state index is 12.4. The first-order valence-electron chi connectivity index (χ1n) is 8.03. The lowest BCUT2D eigenvalue weighted by molar-refractivity contribution is -0.139. The molecule has 1 heterocycles. The quantitative estimate of drug-likeness (QED) is 0.323. The van der Waals surface area contributed by atoms with Gasteiger partial charge in [0.1, 0.15) is 6.04 Å². The van der Waals surface area contributed by atoms with Gasteiger partial charge >= 0.3 is 6.09 Å². The van der Waals surface area contributed by atoms with E-state index in [9.17, 15) is 24.0 Å². The molecule has 140 valence electrons. The second-order valence-corrected chi connectivity index (χ2v) is 6.43. The molecule has 3 atom stereocenters. The number of primary amides is 1. The van der Waals surface area contributed by atoms with Crippen molar-refractivity contribution in [2.75, 3.05) is 6.54 Å². The summed E-state index contributed by atoms with van der Waals surface area (Å²) in [6, 6.07) is -2.36. The number of carbonyl (C=O) groups excluding carboxylic acids is 4. The van der Waals surface area contributed by atoms with E-state index >= 15 is 0 Å². The van der Waals surface area contributed by atoms with Crippen LogP contribution in [0.2, 0.25) is 0 Å². The Balaban J connectivity index is 2.87. The summed E-state index contributed by atoms with van der Waals surface area (Å²) in [5, 5.41) is 15.9. The van der Waals surface area contributed by atoms with Gasteiger partial charge in [0.05, 0.1) is 6.04 Å². The van der Waals surface area contributed by atoms with Crippen molar-refractivity contribution < 1.29 is 29.1 Å². The Hall–Kier alpha value is -2.65. The van der Waals surface area contributed by atoms with Crippen molar-refractivity contribution in [2.24, 2.45) is 17.6 Å². The first-order valence-corrected chi connectivity index (χ1v) is 8.03. The van der Waals surface area contributed by atoms with Crippen molar-refractivity contribution >= 4 is 29.6 Å². The van der Waals surface area contributed by atoms with Gasteiger partial charge in [-0.1, -0.05) is 13.8 Å². The van der Waals surface area contributed by atoms with E-state index in [4.69, 9.17) is 10.8 Å². The van der Waals surface area contributed by atoms with Gasteiger partial charge in [0, 0.05) is 12.5 Å². The van der Waals surface area contributed by atoms with Gasteiger partial charge in [-0.05, 0) is 25.2 Å². The third-order valence-electron chi connectivity index (χ3n) is 3.88. The minimum Gasteiger partial charge on any atom is -0.465 e. The standard InChI is InChI=1S/C15H24N4O6/c1-7(2)5-10(19-15(24)25)14(23)18-9(11(20)12(16)21)6-8-3-4-17-13(8)22/h7-10,19H,3-6H2,1-2H3,(H2,16,21)(H,17,22)(H,18,23)(H,24,25). The Morgan fingerprint density at radius 1 is 1.24 bits per heavy atom. The third kappa shape index (κ3) is 6.40. The van der Waals surface area contributed by atoms with Crippen LogP contribution >= 0.6 is 0 Å². The van der Waals surface area contributed by atoms with Crippen molar-refractivity contribution in [2.45, 2.75) is 45.2 Å². The predicted molar refractivity (Wildman–Crippen MR) is 86.3 cm³/mol. The number of ketones is 1. The monoisotopic (exact) mass is 356 g/mol. The van der Waals surface area contributed by atoms with Crippen LogP contribution in [0.15, 0.2) is 0 Å². The van der Waals surface area contributed by atoms with E-state index in [2.05, 4.69) is 16.0 Å². The Kier molecular flexibility index (Phi) is 7.34. The molecule has 1 aliphatic rings. The molecule has 0 bridgehead atoms. The molecule has 0 aromatic heterocycles. The molecule has 0 spiro atoms. The maximum Gasteiger partial charge on any atom is 0.405 e. The summed E-state index contributed by atoms with van der Waals surface area (Å²) in [6.07, 6.45) is -0.769. The smallest absolute Gasteiger partial charge is 0.405 e. The number of amides is 4. The maximum absolute atomic E-state index is 12.4. The molecule has 0 saturated carbocycles. The van der Waals surface area contributed by atoms with Crippen LogP contribution < -0.4 is 21.7 Å². The molecule has 0 aromatic carbocycles. The average Bonchev–Trinajstić information content (AvgIpc) is 2.89. The number of rotatable bonds is 9. The summed E-state index contributed by atoms with van der Waals surface area (Å²) in [4.78, 5) is 58.1. The minimum absolute atomic E-state index is 0.00787. The summed E-state index contributed by atoms with van der Waals surface area (Å²) in [6.45, 7) is 4.06. The van der Waals surface area contributed by atoms with Crippen molar-refractivity contribution in [3.05, 3.63) is 0 Å². The molecule has 1 saturated heterocycles. The van der Waals surface area contributed by atoms with Gasteiger partial charge in [-0.2, -0.15) is 0 Å². The fourth-order valence-corrected chi connectivity index (χ4v) is 2.68. The number of carboxylic acid groups (broad SMARTS) is 1. The molecule has 0 radical (unpaired) electrons. The normalized spacial score (nSPS) is 19.0. The van der Waals surface area contributed by atoms with Crippen LogP contribution in [0.5, 0.6) is 0 Å². The number of nitrogens with one attached hydrogen (secondary N) is 3. The third-order valence-corrected chi connectivity index (χ3v) is 3.88. The van der Waals surface area contributed by atoms with E-state index in [0.717, 1.165) is 0 Å². The molecular weight excluding hydrogens is 332 g/mol. The lowest BCUT2D eigenvalue weighted by Gasteiger charge is -2.23. The van der Waals surface area contributed by atoms with Crippen LogP contribution in [0, 0.1) is 11.8 Å². The van der Waals surface area contributed by atoms with Crippen LogP contribution in [-0.2, 0) is 19.2 Å². The van der Waals surface area contributed by atoms with E-state index in [0.29, 0.717) is 13.0 Å². The van der Waals surface area contributed by atoms with Crippen LogP contribution in [-0.4, -0.2) is 53.3 Å². The predicted octanol–water partition coefficient (Wildman–Crippen LogP) is -1.27. The summed E-state index contributed by atoms with van der Waals surface area (Å²) in [7, 11) is 0. The van der Waals surface area contributed by atoms with Crippen LogP contribution in [0.4, 0.5) is 4.79 Å². The number of Topliss-reactive ketones (excluding diaryl/α,β-unsaturated/α-hetero) is 1. The molecule has 3 unspecified atom stereocenters. The van der Waals surface area contributed by atoms with Gasteiger partial charge in [-0.25, -0.2) is 4.79 Å². The van der Waals surface area contributed by atoms with E-state index in [1.165, 1.54) is 0 Å². The van der Waals surface area contributed by atoms with Gasteiger partial charge in [0.2, 0.25) is 17.6 Å². The van der Waals surface area contributed by atoms with Crippen LogP contribution in [0.3, 0.4) is 0 Å². The molecule has 1 rings (SSSR count). The molecule has 10 nitrogen and oxygen atoms in total. The molecule has 25 heavy (non-hydrogen) atoms. The van der Waals surface area contributed by atoms with Crippen molar-refractivity contribution in [3.8, 4) is 0 Å². The first-order chi connectivity index (χ1) is 11.6. The highest BCUT2D eigenvalue weighted by Gasteiger charge is 2.34. The average molecular weight is 356 g/mol. The fraction of sp³-hybridized carbons (Fsp3) is 0.667. The largest absolute Gasteiger partial charge is 0.465 e. The second kappa shape index (κ2) is 9.00. The highest BCUT2D eigenvalue weighted by Crippen LogP contribution is 2.17. The summed E-state index contributed by atoms with van der Waals surface area (Å²) < 4.78 is 0. The molecular formula is C15H24N4O6. The molecule has 0 aromatic rings. The van der Waals surface area contributed by atoms with Gasteiger partial charge < -0.3 is 26.8 Å². The van der Waals surface area contributed by atoms with Crippen LogP contribution in [0.25, 0.3) is 0 Å². The molecule has 6 N–H and O–H groups in total. The topological polar surface area (TPSA) is 168 Å². The Labute approximate surface area is 144 Å². The van der Waals surface area contributed by atoms with Gasteiger partial charge in [-0.15, -0.1) is 0 Å². The first kappa shape index (κ1) is 20.4.